The van der Waals surface area contributed by atoms with Crippen molar-refractivity contribution >= 4 is 0 Å². The molecule has 1 saturated carbocycles. The maximum absolute atomic E-state index is 13.3. The summed E-state index contributed by atoms with van der Waals surface area (Å²) in [5.74, 6) is 0.334. The maximum atomic E-state index is 13.3. The number of para-hydroxylation sites is 1. The van der Waals surface area contributed by atoms with Gasteiger partial charge in [0.2, 0.25) is 0 Å². The molecule has 0 amide bonds. The third-order valence-corrected chi connectivity index (χ3v) is 3.70. The number of halogens is 1. The van der Waals surface area contributed by atoms with E-state index < -0.39 is 0 Å². The van der Waals surface area contributed by atoms with E-state index in [2.05, 4.69) is 0 Å². The zero-order chi connectivity index (χ0) is 12.8. The van der Waals surface area contributed by atoms with Crippen LogP contribution in [0.2, 0.25) is 0 Å². The van der Waals surface area contributed by atoms with E-state index in [0.717, 1.165) is 12.8 Å². The molecule has 1 aromatic carbocycles. The summed E-state index contributed by atoms with van der Waals surface area (Å²) in [7, 11) is 0. The number of ether oxygens (including phenoxy) is 1. The molecule has 1 unspecified atom stereocenters. The van der Waals surface area contributed by atoms with Gasteiger partial charge in [-0.25, -0.2) is 4.39 Å². The van der Waals surface area contributed by atoms with Crippen molar-refractivity contribution in [1.29, 1.82) is 0 Å². The fraction of sp³-hybridized carbons (Fsp3) is 0.600. The zero-order valence-corrected chi connectivity index (χ0v) is 10.6. The standard InChI is InChI=1S/C15H21FO2/c16-13-8-4-5-9-15(13)18-11-10-14(17)12-6-2-1-3-7-12/h4-5,8-9,12,14,17H,1-3,6-7,10-11H2. The number of aliphatic hydroxyl groups is 1. The van der Waals surface area contributed by atoms with Crippen LogP contribution in [0, 0.1) is 11.7 Å². The van der Waals surface area contributed by atoms with Gasteiger partial charge < -0.3 is 9.84 Å². The second-order valence-corrected chi connectivity index (χ2v) is 5.03. The van der Waals surface area contributed by atoms with Crippen LogP contribution in [0.4, 0.5) is 4.39 Å². The summed E-state index contributed by atoms with van der Waals surface area (Å²) in [6, 6.07) is 6.38. The largest absolute Gasteiger partial charge is 0.490 e. The van der Waals surface area contributed by atoms with E-state index in [1.807, 2.05) is 0 Å². The summed E-state index contributed by atoms with van der Waals surface area (Å²) in [5, 5.41) is 10.0. The minimum Gasteiger partial charge on any atom is -0.490 e. The molecule has 1 atom stereocenters. The van der Waals surface area contributed by atoms with Crippen molar-refractivity contribution in [1.82, 2.24) is 0 Å². The minimum atomic E-state index is -0.343. The van der Waals surface area contributed by atoms with Crippen LogP contribution < -0.4 is 4.74 Å². The first-order valence-electron chi connectivity index (χ1n) is 6.83. The van der Waals surface area contributed by atoms with E-state index >= 15 is 0 Å². The predicted octanol–water partition coefficient (Wildman–Crippen LogP) is 3.54. The lowest BCUT2D eigenvalue weighted by molar-refractivity contribution is 0.0635. The Morgan fingerprint density at radius 1 is 1.22 bits per heavy atom. The molecular formula is C15H21FO2. The van der Waals surface area contributed by atoms with Gasteiger partial charge in [0.15, 0.2) is 11.6 Å². The van der Waals surface area contributed by atoms with Crippen LogP contribution in [0.1, 0.15) is 38.5 Å². The van der Waals surface area contributed by atoms with E-state index in [9.17, 15) is 9.50 Å². The van der Waals surface area contributed by atoms with Crippen molar-refractivity contribution in [2.75, 3.05) is 6.61 Å². The second-order valence-electron chi connectivity index (χ2n) is 5.03. The number of benzene rings is 1. The predicted molar refractivity (Wildman–Crippen MR) is 69.1 cm³/mol. The van der Waals surface area contributed by atoms with Gasteiger partial charge in [-0.15, -0.1) is 0 Å². The molecule has 0 saturated heterocycles. The van der Waals surface area contributed by atoms with Gasteiger partial charge in [0.1, 0.15) is 0 Å². The number of hydrogen-bond acceptors (Lipinski definition) is 2. The fourth-order valence-electron chi connectivity index (χ4n) is 2.61. The molecule has 1 aromatic rings. The molecule has 0 spiro atoms. The normalized spacial score (nSPS) is 18.6. The smallest absolute Gasteiger partial charge is 0.165 e. The Morgan fingerprint density at radius 3 is 2.67 bits per heavy atom. The zero-order valence-electron chi connectivity index (χ0n) is 10.6. The minimum absolute atomic E-state index is 0.272. The Labute approximate surface area is 108 Å². The fourth-order valence-corrected chi connectivity index (χ4v) is 2.61. The van der Waals surface area contributed by atoms with Crippen LogP contribution >= 0.6 is 0 Å². The van der Waals surface area contributed by atoms with Gasteiger partial charge >= 0.3 is 0 Å². The number of hydrogen-bond donors (Lipinski definition) is 1. The first-order chi connectivity index (χ1) is 8.77. The SMILES string of the molecule is OC(CCOc1ccccc1F)C1CCCCC1. The van der Waals surface area contributed by atoms with E-state index in [1.165, 1.54) is 25.3 Å². The molecule has 0 bridgehead atoms. The summed E-state index contributed by atoms with van der Waals surface area (Å²) >= 11 is 0. The molecule has 1 aliphatic rings. The van der Waals surface area contributed by atoms with Crippen molar-refractivity contribution in [3.63, 3.8) is 0 Å². The Kier molecular flexibility index (Phi) is 5.00. The third kappa shape index (κ3) is 3.70. The molecule has 0 heterocycles. The van der Waals surface area contributed by atoms with Crippen molar-refractivity contribution in [2.24, 2.45) is 5.92 Å². The average molecular weight is 252 g/mol. The van der Waals surface area contributed by atoms with Gasteiger partial charge in [-0.2, -0.15) is 0 Å². The molecule has 18 heavy (non-hydrogen) atoms. The molecule has 3 heteroatoms. The first-order valence-corrected chi connectivity index (χ1v) is 6.83. The Hall–Kier alpha value is -1.09. The van der Waals surface area contributed by atoms with Crippen molar-refractivity contribution in [2.45, 2.75) is 44.6 Å². The van der Waals surface area contributed by atoms with Crippen LogP contribution in [0.5, 0.6) is 5.75 Å². The highest BCUT2D eigenvalue weighted by atomic mass is 19.1. The van der Waals surface area contributed by atoms with Gasteiger partial charge in [-0.05, 0) is 30.9 Å². The van der Waals surface area contributed by atoms with Crippen molar-refractivity contribution < 1.29 is 14.2 Å². The summed E-state index contributed by atoms with van der Waals surface area (Å²) in [5.41, 5.74) is 0. The summed E-state index contributed by atoms with van der Waals surface area (Å²) in [6.07, 6.45) is 6.22. The maximum Gasteiger partial charge on any atom is 0.165 e. The summed E-state index contributed by atoms with van der Waals surface area (Å²) in [6.45, 7) is 0.374. The van der Waals surface area contributed by atoms with E-state index in [1.54, 1.807) is 18.2 Å². The quantitative estimate of drug-likeness (QED) is 0.868. The van der Waals surface area contributed by atoms with E-state index in [0.29, 0.717) is 18.9 Å². The van der Waals surface area contributed by atoms with Gasteiger partial charge in [-0.3, -0.25) is 0 Å². The van der Waals surface area contributed by atoms with Gasteiger partial charge in [-0.1, -0.05) is 31.4 Å². The molecule has 0 aliphatic heterocycles. The Bertz CT molecular complexity index is 361. The average Bonchev–Trinajstić information content (AvgIpc) is 2.42. The molecule has 1 N–H and O–H groups in total. The molecule has 0 aromatic heterocycles. The van der Waals surface area contributed by atoms with Gasteiger partial charge in [0.05, 0.1) is 12.7 Å². The monoisotopic (exact) mass is 252 g/mol. The lowest BCUT2D eigenvalue weighted by atomic mass is 9.84. The number of rotatable bonds is 5. The highest BCUT2D eigenvalue weighted by Gasteiger charge is 2.21. The van der Waals surface area contributed by atoms with Crippen molar-refractivity contribution in [3.8, 4) is 5.75 Å². The molecule has 1 fully saturated rings. The van der Waals surface area contributed by atoms with Crippen LogP contribution in [-0.4, -0.2) is 17.8 Å². The van der Waals surface area contributed by atoms with Crippen LogP contribution in [0.3, 0.4) is 0 Å². The topological polar surface area (TPSA) is 29.5 Å². The molecule has 0 radical (unpaired) electrons. The molecule has 2 rings (SSSR count). The van der Waals surface area contributed by atoms with Gasteiger partial charge in [0.25, 0.3) is 0 Å². The molecule has 2 nitrogen and oxygen atoms in total. The molecule has 100 valence electrons. The Morgan fingerprint density at radius 2 is 1.94 bits per heavy atom. The first kappa shape index (κ1) is 13.3. The van der Waals surface area contributed by atoms with E-state index in [-0.39, 0.29) is 17.7 Å². The third-order valence-electron chi connectivity index (χ3n) is 3.70. The van der Waals surface area contributed by atoms with Crippen LogP contribution in [0.15, 0.2) is 24.3 Å². The number of aliphatic hydroxyl groups excluding tert-OH is 1. The highest BCUT2D eigenvalue weighted by Crippen LogP contribution is 2.27. The van der Waals surface area contributed by atoms with E-state index in [4.69, 9.17) is 4.74 Å². The molecule has 1 aliphatic carbocycles. The lowest BCUT2D eigenvalue weighted by Crippen LogP contribution is -2.24. The van der Waals surface area contributed by atoms with Crippen LogP contribution in [-0.2, 0) is 0 Å². The Balaban J connectivity index is 1.73. The van der Waals surface area contributed by atoms with Crippen LogP contribution in [0.25, 0.3) is 0 Å². The second kappa shape index (κ2) is 6.74. The van der Waals surface area contributed by atoms with Gasteiger partial charge in [0, 0.05) is 6.42 Å². The lowest BCUT2D eigenvalue weighted by Gasteiger charge is -2.26. The highest BCUT2D eigenvalue weighted by molar-refractivity contribution is 5.23. The summed E-state index contributed by atoms with van der Waals surface area (Å²) < 4.78 is 18.6. The molecular weight excluding hydrogens is 231 g/mol. The summed E-state index contributed by atoms with van der Waals surface area (Å²) in [4.78, 5) is 0. The van der Waals surface area contributed by atoms with Crippen molar-refractivity contribution in [3.05, 3.63) is 30.1 Å².